The highest BCUT2D eigenvalue weighted by molar-refractivity contribution is 5.44. The van der Waals surface area contributed by atoms with E-state index in [1.807, 2.05) is 30.3 Å². The number of ether oxygens (including phenoxy) is 1. The molecule has 0 aliphatic heterocycles. The minimum atomic E-state index is -0.286. The van der Waals surface area contributed by atoms with E-state index >= 15 is 0 Å². The lowest BCUT2D eigenvalue weighted by Gasteiger charge is -2.42. The average Bonchev–Trinajstić information content (AvgIpc) is 2.60. The third-order valence-electron chi connectivity index (χ3n) is 5.71. The van der Waals surface area contributed by atoms with Gasteiger partial charge in [0.15, 0.2) is 0 Å². The molecule has 2 aromatic carbocycles. The van der Waals surface area contributed by atoms with Gasteiger partial charge in [-0.3, -0.25) is 0 Å². The highest BCUT2D eigenvalue weighted by Crippen LogP contribution is 2.46. The van der Waals surface area contributed by atoms with Crippen LogP contribution in [0.3, 0.4) is 0 Å². The molecule has 2 nitrogen and oxygen atoms in total. The smallest absolute Gasteiger partial charge is 0.106 e. The Labute approximate surface area is 151 Å². The lowest BCUT2D eigenvalue weighted by Crippen LogP contribution is -2.34. The molecule has 0 heterocycles. The van der Waals surface area contributed by atoms with Gasteiger partial charge in [-0.25, -0.2) is 0 Å². The molecule has 1 aliphatic rings. The minimum absolute atomic E-state index is 0.00452. The van der Waals surface area contributed by atoms with E-state index in [1.54, 1.807) is 0 Å². The molecule has 0 saturated carbocycles. The quantitative estimate of drug-likeness (QED) is 0.803. The van der Waals surface area contributed by atoms with Crippen LogP contribution in [-0.2, 0) is 22.2 Å². The number of hydrogen-bond acceptors (Lipinski definition) is 2. The number of hydrogen-bond donors (Lipinski definition) is 1. The first-order valence-corrected chi connectivity index (χ1v) is 9.25. The van der Waals surface area contributed by atoms with Gasteiger partial charge in [-0.1, -0.05) is 76.2 Å². The fourth-order valence-electron chi connectivity index (χ4n) is 3.83. The molecule has 0 saturated heterocycles. The molecule has 3 rings (SSSR count). The van der Waals surface area contributed by atoms with Gasteiger partial charge in [0.2, 0.25) is 0 Å². The van der Waals surface area contributed by atoms with Gasteiger partial charge in [-0.05, 0) is 45.9 Å². The summed E-state index contributed by atoms with van der Waals surface area (Å²) in [5, 5.41) is 9.87. The molecular formula is C23H30O2. The fourth-order valence-corrected chi connectivity index (χ4v) is 3.83. The van der Waals surface area contributed by atoms with Crippen molar-refractivity contribution in [2.24, 2.45) is 0 Å². The topological polar surface area (TPSA) is 29.5 Å². The van der Waals surface area contributed by atoms with E-state index in [4.69, 9.17) is 4.74 Å². The van der Waals surface area contributed by atoms with Crippen LogP contribution in [-0.4, -0.2) is 11.7 Å². The Balaban J connectivity index is 1.86. The molecule has 0 radical (unpaired) electrons. The molecule has 1 atom stereocenters. The molecule has 0 fully saturated rings. The summed E-state index contributed by atoms with van der Waals surface area (Å²) >= 11 is 0. The van der Waals surface area contributed by atoms with Crippen LogP contribution in [0.25, 0.3) is 0 Å². The Bertz CT molecular complexity index is 716. The molecule has 0 bridgehead atoms. The van der Waals surface area contributed by atoms with Crippen LogP contribution in [0.2, 0.25) is 0 Å². The summed E-state index contributed by atoms with van der Waals surface area (Å²) in [7, 11) is 0. The molecule has 1 unspecified atom stereocenters. The van der Waals surface area contributed by atoms with Crippen molar-refractivity contribution >= 4 is 0 Å². The number of aliphatic hydroxyl groups is 1. The van der Waals surface area contributed by atoms with Crippen molar-refractivity contribution in [3.05, 3.63) is 70.8 Å². The average molecular weight is 338 g/mol. The van der Waals surface area contributed by atoms with Crippen molar-refractivity contribution in [3.8, 4) is 0 Å². The Hall–Kier alpha value is -1.64. The second-order valence-electron chi connectivity index (χ2n) is 8.54. The highest BCUT2D eigenvalue weighted by atomic mass is 16.5. The van der Waals surface area contributed by atoms with Gasteiger partial charge in [0.05, 0.1) is 13.2 Å². The highest BCUT2D eigenvalue weighted by Gasteiger charge is 2.37. The van der Waals surface area contributed by atoms with E-state index in [2.05, 4.69) is 45.9 Å². The van der Waals surface area contributed by atoms with E-state index < -0.39 is 0 Å². The normalized spacial score (nSPS) is 19.2. The zero-order valence-electron chi connectivity index (χ0n) is 15.9. The number of fused-ring (bicyclic) bond motifs is 1. The van der Waals surface area contributed by atoms with Crippen LogP contribution in [0.15, 0.2) is 48.5 Å². The van der Waals surface area contributed by atoms with E-state index in [1.165, 1.54) is 24.0 Å². The summed E-state index contributed by atoms with van der Waals surface area (Å²) in [6.07, 6.45) is 2.11. The van der Waals surface area contributed by atoms with Crippen molar-refractivity contribution in [3.63, 3.8) is 0 Å². The summed E-state index contributed by atoms with van der Waals surface area (Å²) in [6.45, 7) is 9.81. The second kappa shape index (κ2) is 6.93. The van der Waals surface area contributed by atoms with Crippen LogP contribution in [0.1, 0.15) is 68.9 Å². The molecule has 2 aromatic rings. The van der Waals surface area contributed by atoms with Crippen LogP contribution in [0.4, 0.5) is 0 Å². The standard InChI is InChI=1S/C23H30O2/c1-22(2)12-13-23(3,4)20-14-18(10-11-19(20)22)21(15-24)25-16-17-8-6-5-7-9-17/h5-11,14,21,24H,12-13,15-16H2,1-4H3. The summed E-state index contributed by atoms with van der Waals surface area (Å²) in [5.41, 5.74) is 5.42. The van der Waals surface area contributed by atoms with Crippen molar-refractivity contribution in [1.29, 1.82) is 0 Å². The predicted octanol–water partition coefficient (Wildman–Crippen LogP) is 5.29. The lowest BCUT2D eigenvalue weighted by atomic mass is 9.63. The number of aliphatic hydroxyl groups excluding tert-OH is 1. The molecule has 0 spiro atoms. The van der Waals surface area contributed by atoms with Gasteiger partial charge in [0, 0.05) is 0 Å². The Kier molecular flexibility index (Phi) is 5.04. The van der Waals surface area contributed by atoms with Crippen LogP contribution in [0, 0.1) is 0 Å². The third kappa shape index (κ3) is 3.80. The first kappa shape index (κ1) is 18.2. The van der Waals surface area contributed by atoms with Crippen LogP contribution in [0.5, 0.6) is 0 Å². The molecule has 2 heteroatoms. The largest absolute Gasteiger partial charge is 0.393 e. The maximum absolute atomic E-state index is 9.87. The molecule has 25 heavy (non-hydrogen) atoms. The number of benzene rings is 2. The zero-order chi connectivity index (χ0) is 18.1. The fraction of sp³-hybridized carbons (Fsp3) is 0.478. The van der Waals surface area contributed by atoms with Crippen LogP contribution < -0.4 is 0 Å². The van der Waals surface area contributed by atoms with Crippen molar-refractivity contribution in [1.82, 2.24) is 0 Å². The van der Waals surface area contributed by atoms with E-state index in [0.29, 0.717) is 6.61 Å². The van der Waals surface area contributed by atoms with Gasteiger partial charge in [0.1, 0.15) is 6.10 Å². The first-order valence-electron chi connectivity index (χ1n) is 9.25. The third-order valence-corrected chi connectivity index (χ3v) is 5.71. The maximum atomic E-state index is 9.87. The molecule has 134 valence electrons. The maximum Gasteiger partial charge on any atom is 0.106 e. The SMILES string of the molecule is CC1(C)CCC(C)(C)c2cc(C(CO)OCc3ccccc3)ccc21. The van der Waals surface area contributed by atoms with E-state index in [9.17, 15) is 5.11 Å². The van der Waals surface area contributed by atoms with E-state index in [-0.39, 0.29) is 23.5 Å². The van der Waals surface area contributed by atoms with Crippen LogP contribution >= 0.6 is 0 Å². The van der Waals surface area contributed by atoms with Gasteiger partial charge in [-0.15, -0.1) is 0 Å². The minimum Gasteiger partial charge on any atom is -0.393 e. The Morgan fingerprint density at radius 3 is 2.20 bits per heavy atom. The first-order chi connectivity index (χ1) is 11.8. The van der Waals surface area contributed by atoms with Gasteiger partial charge < -0.3 is 9.84 Å². The summed E-state index contributed by atoms with van der Waals surface area (Å²) in [4.78, 5) is 0. The summed E-state index contributed by atoms with van der Waals surface area (Å²) < 4.78 is 6.02. The van der Waals surface area contributed by atoms with Crippen molar-refractivity contribution in [2.45, 2.75) is 64.1 Å². The zero-order valence-corrected chi connectivity index (χ0v) is 15.9. The molecule has 0 aromatic heterocycles. The number of rotatable bonds is 5. The second-order valence-corrected chi connectivity index (χ2v) is 8.54. The summed E-state index contributed by atoms with van der Waals surface area (Å²) in [6, 6.07) is 16.8. The predicted molar refractivity (Wildman–Crippen MR) is 103 cm³/mol. The van der Waals surface area contributed by atoms with Gasteiger partial charge >= 0.3 is 0 Å². The lowest BCUT2D eigenvalue weighted by molar-refractivity contribution is 0.000975. The van der Waals surface area contributed by atoms with Gasteiger partial charge in [-0.2, -0.15) is 0 Å². The monoisotopic (exact) mass is 338 g/mol. The van der Waals surface area contributed by atoms with Gasteiger partial charge in [0.25, 0.3) is 0 Å². The molecule has 1 N–H and O–H groups in total. The Morgan fingerprint density at radius 2 is 1.56 bits per heavy atom. The van der Waals surface area contributed by atoms with E-state index in [0.717, 1.165) is 11.1 Å². The summed E-state index contributed by atoms with van der Waals surface area (Å²) in [5.74, 6) is 0. The molecular weight excluding hydrogens is 308 g/mol. The molecule has 0 amide bonds. The molecule has 1 aliphatic carbocycles. The van der Waals surface area contributed by atoms with Crippen molar-refractivity contribution < 1.29 is 9.84 Å². The Morgan fingerprint density at radius 1 is 0.920 bits per heavy atom. The van der Waals surface area contributed by atoms with Crippen molar-refractivity contribution in [2.75, 3.05) is 6.61 Å².